The largest absolute Gasteiger partial charge is 0.360 e. The van der Waals surface area contributed by atoms with Crippen molar-refractivity contribution in [3.05, 3.63) is 35.9 Å². The molecule has 2 aromatic rings. The Hall–Kier alpha value is -2.46. The van der Waals surface area contributed by atoms with E-state index < -0.39 is 10.0 Å². The molecule has 2 unspecified atom stereocenters. The van der Waals surface area contributed by atoms with Crippen LogP contribution in [-0.4, -0.2) is 60.5 Å². The van der Waals surface area contributed by atoms with Crippen LogP contribution in [0, 0.1) is 5.92 Å². The molecule has 0 radical (unpaired) electrons. The van der Waals surface area contributed by atoms with E-state index >= 15 is 0 Å². The summed E-state index contributed by atoms with van der Waals surface area (Å²) in [5, 5.41) is 7.05. The number of hydrogen-bond acceptors (Lipinski definition) is 7. The Morgan fingerprint density at radius 2 is 1.94 bits per heavy atom. The van der Waals surface area contributed by atoms with Gasteiger partial charge in [0.15, 0.2) is 5.69 Å². The van der Waals surface area contributed by atoms with E-state index in [9.17, 15) is 13.2 Å². The average Bonchev–Trinajstić information content (AvgIpc) is 3.54. The zero-order valence-corrected chi connectivity index (χ0v) is 21.5. The van der Waals surface area contributed by atoms with Gasteiger partial charge in [-0.2, -0.15) is 4.31 Å². The zero-order chi connectivity index (χ0) is 24.7. The maximum absolute atomic E-state index is 14.0. The molecule has 10 heteroatoms. The van der Waals surface area contributed by atoms with Crippen LogP contribution in [0.15, 0.2) is 33.8 Å². The lowest BCUT2D eigenvalue weighted by Gasteiger charge is -2.47. The molecule has 3 fully saturated rings. The van der Waals surface area contributed by atoms with E-state index in [-0.39, 0.29) is 28.9 Å². The second kappa shape index (κ2) is 9.54. The number of amides is 1. The Morgan fingerprint density at radius 3 is 2.60 bits per heavy atom. The van der Waals surface area contributed by atoms with E-state index in [4.69, 9.17) is 4.52 Å². The van der Waals surface area contributed by atoms with Crippen molar-refractivity contribution in [2.45, 2.75) is 87.7 Å². The summed E-state index contributed by atoms with van der Waals surface area (Å²) in [6, 6.07) is 4.70. The maximum Gasteiger partial charge on any atom is 0.273 e. The SMILES string of the molecule is CC(C)CN(C)c1ncccc1S(=O)(=O)N1C2CCCC1CC(NC(=O)c1cc(C3CC3)on1)C2. The minimum absolute atomic E-state index is 0.0951. The highest BCUT2D eigenvalue weighted by molar-refractivity contribution is 7.89. The van der Waals surface area contributed by atoms with Crippen LogP contribution in [-0.2, 0) is 10.0 Å². The van der Waals surface area contributed by atoms with Gasteiger partial charge in [0.1, 0.15) is 16.5 Å². The van der Waals surface area contributed by atoms with Crippen molar-refractivity contribution in [1.29, 1.82) is 0 Å². The fraction of sp³-hybridized carbons (Fsp3) is 0.640. The highest BCUT2D eigenvalue weighted by atomic mass is 32.2. The fourth-order valence-corrected chi connectivity index (χ4v) is 7.77. The van der Waals surface area contributed by atoms with Gasteiger partial charge >= 0.3 is 0 Å². The summed E-state index contributed by atoms with van der Waals surface area (Å²) in [4.78, 5) is 19.4. The molecule has 2 aliphatic heterocycles. The van der Waals surface area contributed by atoms with Crippen molar-refractivity contribution in [2.24, 2.45) is 5.92 Å². The highest BCUT2D eigenvalue weighted by Crippen LogP contribution is 2.41. The number of fused-ring (bicyclic) bond motifs is 2. The normalized spacial score (nSPS) is 25.0. The number of rotatable bonds is 8. The molecule has 3 aliphatic rings. The number of nitrogens with zero attached hydrogens (tertiary/aromatic N) is 4. The van der Waals surface area contributed by atoms with Crippen LogP contribution in [0.1, 0.15) is 81.0 Å². The second-order valence-electron chi connectivity index (χ2n) is 10.7. The molecule has 1 N–H and O–H groups in total. The van der Waals surface area contributed by atoms with Crippen molar-refractivity contribution < 1.29 is 17.7 Å². The summed E-state index contributed by atoms with van der Waals surface area (Å²) in [7, 11) is -1.86. The Balaban J connectivity index is 1.33. The molecule has 0 spiro atoms. The van der Waals surface area contributed by atoms with Crippen molar-refractivity contribution in [2.75, 3.05) is 18.5 Å². The van der Waals surface area contributed by atoms with Crippen LogP contribution in [0.3, 0.4) is 0 Å². The number of anilines is 1. The van der Waals surface area contributed by atoms with E-state index in [2.05, 4.69) is 29.3 Å². The summed E-state index contributed by atoms with van der Waals surface area (Å²) >= 11 is 0. The number of sulfonamides is 1. The van der Waals surface area contributed by atoms with Gasteiger partial charge in [-0.3, -0.25) is 4.79 Å². The van der Waals surface area contributed by atoms with Gasteiger partial charge in [0.2, 0.25) is 10.0 Å². The van der Waals surface area contributed by atoms with Crippen LogP contribution in [0.2, 0.25) is 0 Å². The first kappa shape index (κ1) is 24.2. The van der Waals surface area contributed by atoms with Crippen molar-refractivity contribution in [3.8, 4) is 0 Å². The van der Waals surface area contributed by atoms with Crippen molar-refractivity contribution >= 4 is 21.7 Å². The van der Waals surface area contributed by atoms with E-state index in [1.165, 1.54) is 0 Å². The lowest BCUT2D eigenvalue weighted by molar-refractivity contribution is 0.0790. The molecule has 0 aromatic carbocycles. The van der Waals surface area contributed by atoms with Crippen LogP contribution in [0.5, 0.6) is 0 Å². The molecule has 4 heterocycles. The molecule has 2 bridgehead atoms. The standard InChI is InChI=1S/C25H35N5O4S/c1-16(2)15-29(3)24-23(8-5-11-26-24)35(32,33)30-19-6-4-7-20(30)13-18(12-19)27-25(31)21-14-22(34-28-21)17-9-10-17/h5,8,11,14,16-20H,4,6-7,9-10,12-13,15H2,1-3H3,(H,27,31). The van der Waals surface area contributed by atoms with Gasteiger partial charge in [0, 0.05) is 49.9 Å². The molecule has 1 saturated carbocycles. The highest BCUT2D eigenvalue weighted by Gasteiger charge is 2.46. The molecular formula is C25H35N5O4S. The summed E-state index contributed by atoms with van der Waals surface area (Å²) in [6.45, 7) is 4.91. The second-order valence-corrected chi connectivity index (χ2v) is 12.5. The van der Waals surface area contributed by atoms with E-state index in [0.717, 1.165) is 37.9 Å². The third-order valence-electron chi connectivity index (χ3n) is 7.29. The predicted octanol–water partition coefficient (Wildman–Crippen LogP) is 3.54. The first-order chi connectivity index (χ1) is 16.7. The van der Waals surface area contributed by atoms with Crippen LogP contribution < -0.4 is 10.2 Å². The Kier molecular flexibility index (Phi) is 6.61. The number of nitrogens with one attached hydrogen (secondary N) is 1. The smallest absolute Gasteiger partial charge is 0.273 e. The van der Waals surface area contributed by atoms with Gasteiger partial charge in [-0.15, -0.1) is 0 Å². The molecule has 1 aliphatic carbocycles. The predicted molar refractivity (Wildman–Crippen MR) is 132 cm³/mol. The fourth-order valence-electron chi connectivity index (χ4n) is 5.68. The summed E-state index contributed by atoms with van der Waals surface area (Å²) in [6.07, 6.45) is 7.55. The van der Waals surface area contributed by atoms with Gasteiger partial charge < -0.3 is 14.7 Å². The molecule has 5 rings (SSSR count). The summed E-state index contributed by atoms with van der Waals surface area (Å²) < 4.78 is 35.0. The van der Waals surface area contributed by atoms with Crippen molar-refractivity contribution in [3.63, 3.8) is 0 Å². The maximum atomic E-state index is 14.0. The first-order valence-electron chi connectivity index (χ1n) is 12.7. The molecule has 2 atom stereocenters. The van der Waals surface area contributed by atoms with E-state index in [1.54, 1.807) is 28.7 Å². The Morgan fingerprint density at radius 1 is 1.23 bits per heavy atom. The molecule has 1 amide bonds. The molecule has 35 heavy (non-hydrogen) atoms. The van der Waals surface area contributed by atoms with Crippen LogP contribution in [0.25, 0.3) is 0 Å². The molecule has 2 saturated heterocycles. The Bertz CT molecular complexity index is 1160. The number of hydrogen-bond donors (Lipinski definition) is 1. The molecular weight excluding hydrogens is 466 g/mol. The van der Waals surface area contributed by atoms with Gasteiger partial charge in [0.05, 0.1) is 0 Å². The quantitative estimate of drug-likeness (QED) is 0.589. The topological polar surface area (TPSA) is 109 Å². The summed E-state index contributed by atoms with van der Waals surface area (Å²) in [5.74, 6) is 1.80. The molecule has 2 aromatic heterocycles. The van der Waals surface area contributed by atoms with Crippen LogP contribution in [0.4, 0.5) is 5.82 Å². The third kappa shape index (κ3) is 4.95. The van der Waals surface area contributed by atoms with Gasteiger partial charge in [-0.05, 0) is 56.6 Å². The number of aromatic nitrogens is 2. The minimum Gasteiger partial charge on any atom is -0.360 e. The molecule has 190 valence electrons. The number of carbonyl (C=O) groups excluding carboxylic acids is 1. The van der Waals surface area contributed by atoms with Gasteiger partial charge in [0.25, 0.3) is 5.91 Å². The average molecular weight is 502 g/mol. The Labute approximate surface area is 207 Å². The van der Waals surface area contributed by atoms with E-state index in [1.807, 2.05) is 11.9 Å². The van der Waals surface area contributed by atoms with E-state index in [0.29, 0.717) is 42.7 Å². The van der Waals surface area contributed by atoms with Crippen LogP contribution >= 0.6 is 0 Å². The first-order valence-corrected chi connectivity index (χ1v) is 14.1. The molecule has 9 nitrogen and oxygen atoms in total. The van der Waals surface area contributed by atoms with Gasteiger partial charge in [-0.1, -0.05) is 25.4 Å². The number of piperidine rings is 2. The lowest BCUT2D eigenvalue weighted by Crippen LogP contribution is -2.58. The number of carbonyl (C=O) groups is 1. The van der Waals surface area contributed by atoms with Gasteiger partial charge in [-0.25, -0.2) is 13.4 Å². The minimum atomic E-state index is -3.75. The lowest BCUT2D eigenvalue weighted by atomic mass is 9.84. The van der Waals surface area contributed by atoms with Crippen molar-refractivity contribution in [1.82, 2.24) is 19.8 Å². The zero-order valence-electron chi connectivity index (χ0n) is 20.7. The third-order valence-corrected chi connectivity index (χ3v) is 9.32. The monoisotopic (exact) mass is 501 g/mol. The summed E-state index contributed by atoms with van der Waals surface area (Å²) in [5.41, 5.74) is 0.306. The number of pyridine rings is 1.